The third-order valence-corrected chi connectivity index (χ3v) is 5.59. The zero-order valence-electron chi connectivity index (χ0n) is 17.2. The lowest BCUT2D eigenvalue weighted by atomic mass is 9.76. The number of fused-ring (bicyclic) bond motifs is 1. The second-order valence-corrected chi connectivity index (χ2v) is 7.82. The molecular weight excluding hydrogens is 404 g/mol. The number of ether oxygens (including phenoxy) is 1. The van der Waals surface area contributed by atoms with Crippen LogP contribution in [0.25, 0.3) is 6.08 Å². The minimum Gasteiger partial charge on any atom is -0.530 e. The van der Waals surface area contributed by atoms with E-state index in [9.17, 15) is 14.5 Å². The monoisotopic (exact) mass is 429 g/mol. The smallest absolute Gasteiger partial charge is 0.530 e. The van der Waals surface area contributed by atoms with E-state index < -0.39 is 19.2 Å². The number of aromatic nitrogens is 2. The number of hydrogen-bond donors (Lipinski definition) is 4. The fourth-order valence-corrected chi connectivity index (χ4v) is 3.90. The summed E-state index contributed by atoms with van der Waals surface area (Å²) >= 11 is 0. The summed E-state index contributed by atoms with van der Waals surface area (Å²) in [5.74, 6) is -0.149. The van der Waals surface area contributed by atoms with Gasteiger partial charge >= 0.3 is 7.12 Å². The normalized spacial score (nSPS) is 21.7. The van der Waals surface area contributed by atoms with Crippen LogP contribution in [0.4, 0.5) is 15.9 Å². The topological polar surface area (TPSA) is 127 Å². The number of benzene rings is 1. The molecule has 164 valence electrons. The molecule has 1 aromatic heterocycles. The molecule has 5 N–H and O–H groups in total. The number of aliphatic hydroxyl groups excluding tert-OH is 1. The average Bonchev–Trinajstić information content (AvgIpc) is 3.14. The van der Waals surface area contributed by atoms with Crippen LogP contribution in [-0.4, -0.2) is 53.5 Å². The molecule has 0 radical (unpaired) electrons. The highest BCUT2D eigenvalue weighted by atomic mass is 19.1. The van der Waals surface area contributed by atoms with Gasteiger partial charge in [0, 0.05) is 42.6 Å². The lowest BCUT2D eigenvalue weighted by molar-refractivity contribution is 0.0209. The Morgan fingerprint density at radius 1 is 1.52 bits per heavy atom. The van der Waals surface area contributed by atoms with Crippen molar-refractivity contribution in [3.05, 3.63) is 40.7 Å². The van der Waals surface area contributed by atoms with E-state index in [1.54, 1.807) is 29.9 Å². The number of aliphatic hydroxyl groups is 1. The molecular formula is C20H25BFN5O4. The summed E-state index contributed by atoms with van der Waals surface area (Å²) < 4.78 is 27.1. The predicted octanol–water partition coefficient (Wildman–Crippen LogP) is 1.81. The maximum absolute atomic E-state index is 14.6. The Bertz CT molecular complexity index is 1010. The minimum atomic E-state index is -1.28. The predicted molar refractivity (Wildman–Crippen MR) is 116 cm³/mol. The molecule has 0 amide bonds. The molecule has 0 saturated carbocycles. The summed E-state index contributed by atoms with van der Waals surface area (Å²) in [6.07, 6.45) is 2.86. The highest BCUT2D eigenvalue weighted by Gasteiger charge is 2.30. The molecule has 2 aliphatic heterocycles. The van der Waals surface area contributed by atoms with Crippen LogP contribution in [0, 0.1) is 11.7 Å². The zero-order valence-corrected chi connectivity index (χ0v) is 17.2. The first-order valence-corrected chi connectivity index (χ1v) is 10.0. The standard InChI is InChI=1S/C20H25BFN5O4/c1-11-5-13-6-14(7-16(22)18(13)31-21(11)29)25-20-15(19(23)28)9-27(26-20)17-10-30-4-3-12(17)8-24-2/h5-7,9,12,17,19,28-29H,2-4,8,10,23H2,1H3,(H,25,26)/t12-,17+,19?/m1/s1. The number of nitrogens with two attached hydrogens (primary N) is 1. The van der Waals surface area contributed by atoms with Gasteiger partial charge in [0.2, 0.25) is 0 Å². The van der Waals surface area contributed by atoms with Crippen LogP contribution in [0.2, 0.25) is 0 Å². The van der Waals surface area contributed by atoms with Crippen LogP contribution < -0.4 is 15.7 Å². The van der Waals surface area contributed by atoms with E-state index in [0.717, 1.165) is 6.42 Å². The van der Waals surface area contributed by atoms with Crippen LogP contribution in [0.15, 0.2) is 28.8 Å². The lowest BCUT2D eigenvalue weighted by Crippen LogP contribution is -2.32. The summed E-state index contributed by atoms with van der Waals surface area (Å²) in [7, 11) is -1.17. The van der Waals surface area contributed by atoms with Crippen LogP contribution in [0.5, 0.6) is 5.75 Å². The lowest BCUT2D eigenvalue weighted by Gasteiger charge is -2.30. The third kappa shape index (κ3) is 4.35. The van der Waals surface area contributed by atoms with Gasteiger partial charge in [-0.05, 0) is 31.6 Å². The number of nitrogens with zero attached hydrogens (tertiary/aromatic N) is 3. The number of nitrogens with one attached hydrogen (secondary N) is 1. The van der Waals surface area contributed by atoms with Gasteiger partial charge in [-0.1, -0.05) is 6.08 Å². The average molecular weight is 429 g/mol. The quantitative estimate of drug-likeness (QED) is 0.313. The van der Waals surface area contributed by atoms with Crippen LogP contribution >= 0.6 is 0 Å². The first-order valence-electron chi connectivity index (χ1n) is 10.0. The Kier molecular flexibility index (Phi) is 6.10. The van der Waals surface area contributed by atoms with Gasteiger partial charge in [0.1, 0.15) is 12.0 Å². The molecule has 1 aromatic carbocycles. The van der Waals surface area contributed by atoms with Crippen molar-refractivity contribution in [3.8, 4) is 5.75 Å². The Labute approximate surface area is 179 Å². The van der Waals surface area contributed by atoms with Gasteiger partial charge in [-0.15, -0.1) is 0 Å². The molecule has 31 heavy (non-hydrogen) atoms. The van der Waals surface area contributed by atoms with E-state index in [2.05, 4.69) is 22.1 Å². The highest BCUT2D eigenvalue weighted by Crippen LogP contribution is 2.35. The van der Waals surface area contributed by atoms with Gasteiger partial charge in [0.05, 0.1) is 18.2 Å². The fraction of sp³-hybridized carbons (Fsp3) is 0.400. The van der Waals surface area contributed by atoms with Gasteiger partial charge in [-0.2, -0.15) is 5.10 Å². The molecule has 0 bridgehead atoms. The number of anilines is 2. The second-order valence-electron chi connectivity index (χ2n) is 7.82. The largest absolute Gasteiger partial charge is 0.555 e. The Hall–Kier alpha value is -2.73. The molecule has 3 atom stereocenters. The molecule has 3 heterocycles. The van der Waals surface area contributed by atoms with E-state index in [1.807, 2.05) is 0 Å². The minimum absolute atomic E-state index is 0.0209. The summed E-state index contributed by atoms with van der Waals surface area (Å²) in [5.41, 5.74) is 7.56. The summed E-state index contributed by atoms with van der Waals surface area (Å²) in [4.78, 5) is 4.02. The van der Waals surface area contributed by atoms with Gasteiger partial charge in [-0.25, -0.2) is 4.39 Å². The van der Waals surface area contributed by atoms with Crippen molar-refractivity contribution in [1.29, 1.82) is 0 Å². The molecule has 11 heteroatoms. The van der Waals surface area contributed by atoms with Crippen molar-refractivity contribution in [1.82, 2.24) is 9.78 Å². The molecule has 4 rings (SSSR count). The zero-order chi connectivity index (χ0) is 22.1. The molecule has 1 saturated heterocycles. The SMILES string of the molecule is C=NC[C@H]1CCOC[C@@H]1n1cc(C(N)O)c(Nc2cc(F)c3c(c2)C=C(C)B(O)O3)n1. The Morgan fingerprint density at radius 2 is 2.32 bits per heavy atom. The van der Waals surface area contributed by atoms with Gasteiger partial charge in [0.25, 0.3) is 0 Å². The van der Waals surface area contributed by atoms with E-state index in [-0.39, 0.29) is 17.7 Å². The molecule has 2 aliphatic rings. The summed E-state index contributed by atoms with van der Waals surface area (Å²) in [5, 5.41) is 27.5. The van der Waals surface area contributed by atoms with Crippen LogP contribution in [0.1, 0.15) is 36.7 Å². The van der Waals surface area contributed by atoms with Gasteiger partial charge in [0.15, 0.2) is 11.6 Å². The maximum Gasteiger partial charge on any atom is 0.555 e. The number of aliphatic imine (C=N–C) groups is 1. The van der Waals surface area contributed by atoms with Gasteiger partial charge in [-0.3, -0.25) is 4.68 Å². The highest BCUT2D eigenvalue weighted by molar-refractivity contribution is 6.54. The molecule has 2 aromatic rings. The van der Waals surface area contributed by atoms with Crippen molar-refractivity contribution >= 4 is 31.4 Å². The van der Waals surface area contributed by atoms with Crippen molar-refractivity contribution in [2.45, 2.75) is 25.6 Å². The summed E-state index contributed by atoms with van der Waals surface area (Å²) in [6, 6.07) is 2.82. The fourth-order valence-electron chi connectivity index (χ4n) is 3.90. The first-order chi connectivity index (χ1) is 14.9. The van der Waals surface area contributed by atoms with E-state index in [4.69, 9.17) is 15.1 Å². The third-order valence-electron chi connectivity index (χ3n) is 5.59. The van der Waals surface area contributed by atoms with Crippen LogP contribution in [0.3, 0.4) is 0 Å². The van der Waals surface area contributed by atoms with Crippen molar-refractivity contribution in [3.63, 3.8) is 0 Å². The van der Waals surface area contributed by atoms with Gasteiger partial charge < -0.3 is 35.6 Å². The van der Waals surface area contributed by atoms with Crippen LogP contribution in [-0.2, 0) is 4.74 Å². The maximum atomic E-state index is 14.6. The van der Waals surface area contributed by atoms with E-state index in [0.29, 0.717) is 47.9 Å². The second kappa shape index (κ2) is 8.79. The number of rotatable bonds is 6. The summed E-state index contributed by atoms with van der Waals surface area (Å²) in [6.45, 7) is 6.95. The number of allylic oxidation sites excluding steroid dienone is 1. The van der Waals surface area contributed by atoms with E-state index in [1.165, 1.54) is 6.07 Å². The first kappa shape index (κ1) is 21.5. The Balaban J connectivity index is 1.66. The van der Waals surface area contributed by atoms with Crippen molar-refractivity contribution in [2.24, 2.45) is 16.6 Å². The number of halogens is 1. The Morgan fingerprint density at radius 3 is 3.06 bits per heavy atom. The number of hydrogen-bond acceptors (Lipinski definition) is 8. The molecule has 0 aliphatic carbocycles. The molecule has 0 spiro atoms. The molecule has 9 nitrogen and oxygen atoms in total. The van der Waals surface area contributed by atoms with Crippen molar-refractivity contribution < 1.29 is 23.9 Å². The molecule has 1 unspecified atom stereocenters. The molecule has 1 fully saturated rings. The van der Waals surface area contributed by atoms with Crippen molar-refractivity contribution in [2.75, 3.05) is 25.1 Å². The van der Waals surface area contributed by atoms with E-state index >= 15 is 0 Å².